The summed E-state index contributed by atoms with van der Waals surface area (Å²) < 4.78 is 35.3. The zero-order valence-electron chi connectivity index (χ0n) is 33.0. The lowest BCUT2D eigenvalue weighted by Crippen LogP contribution is -2.41. The maximum Gasteiger partial charge on any atom is 0.494 e. The first-order chi connectivity index (χ1) is 25.3. The van der Waals surface area contributed by atoms with E-state index in [1.165, 1.54) is 17.3 Å². The van der Waals surface area contributed by atoms with Gasteiger partial charge in [0.25, 0.3) is 5.24 Å². The molecule has 1 amide bonds. The molecule has 6 rings (SSSR count). The van der Waals surface area contributed by atoms with Gasteiger partial charge in [-0.05, 0) is 116 Å². The van der Waals surface area contributed by atoms with Crippen LogP contribution >= 0.6 is 24.0 Å². The molecule has 4 aromatic carbocycles. The largest absolute Gasteiger partial charge is 0.494 e. The molecule has 0 atom stereocenters. The summed E-state index contributed by atoms with van der Waals surface area (Å²) in [5.74, 6) is 1.28. The summed E-state index contributed by atoms with van der Waals surface area (Å²) in [7, 11) is -0.725. The van der Waals surface area contributed by atoms with Gasteiger partial charge < -0.3 is 33.4 Å². The predicted molar refractivity (Wildman–Crippen MR) is 225 cm³/mol. The lowest BCUT2D eigenvalue weighted by Gasteiger charge is -2.32. The second-order valence-electron chi connectivity index (χ2n) is 15.7. The fraction of sp³-hybridized carbons (Fsp3) is 0.381. The van der Waals surface area contributed by atoms with Crippen molar-refractivity contribution in [1.82, 2.24) is 0 Å². The highest BCUT2D eigenvalue weighted by molar-refractivity contribution is 8.13. The van der Waals surface area contributed by atoms with Crippen LogP contribution in [-0.2, 0) is 35.7 Å². The Morgan fingerprint density at radius 2 is 1.04 bits per heavy atom. The Kier molecular flexibility index (Phi) is 13.1. The average Bonchev–Trinajstić information content (AvgIpc) is 3.48. The Morgan fingerprint density at radius 3 is 1.48 bits per heavy atom. The Morgan fingerprint density at radius 1 is 0.630 bits per heavy atom. The topological polar surface area (TPSA) is 84.5 Å². The normalized spacial score (nSPS) is 17.7. The van der Waals surface area contributed by atoms with E-state index >= 15 is 0 Å². The summed E-state index contributed by atoms with van der Waals surface area (Å²) in [4.78, 5) is 12.1. The molecule has 284 valence electrons. The Hall–Kier alpha value is -3.64. The summed E-state index contributed by atoms with van der Waals surface area (Å²) >= 11 is 6.40. The number of rotatable bonds is 8. The highest BCUT2D eigenvalue weighted by Gasteiger charge is 2.52. The third-order valence-electron chi connectivity index (χ3n) is 10.3. The quantitative estimate of drug-likeness (QED) is 0.140. The molecule has 0 bridgehead atoms. The van der Waals surface area contributed by atoms with Crippen LogP contribution in [-0.4, -0.2) is 47.1 Å². The Labute approximate surface area is 331 Å². The van der Waals surface area contributed by atoms with Gasteiger partial charge in [-0.2, -0.15) is 0 Å². The number of anilines is 1. The SMILES string of the molecule is Cc1ccc(NC(=O)SCc2ccc(B3OC(C)(C)C(C)(C)O3)cc2)cc1.Cc1ccc(OC(=S)OCc2ccc(B3OC(C)(C)C(C)(C)O3)cc2)cc1. The maximum atomic E-state index is 12.1. The summed E-state index contributed by atoms with van der Waals surface area (Å²) in [6, 6.07) is 31.4. The van der Waals surface area contributed by atoms with Gasteiger partial charge in [0.15, 0.2) is 0 Å². The number of amides is 1. The molecule has 8 nitrogen and oxygen atoms in total. The first-order valence-corrected chi connectivity index (χ1v) is 19.5. The van der Waals surface area contributed by atoms with Crippen molar-refractivity contribution in [3.63, 3.8) is 0 Å². The van der Waals surface area contributed by atoms with E-state index in [0.717, 1.165) is 33.3 Å². The van der Waals surface area contributed by atoms with Crippen molar-refractivity contribution in [2.75, 3.05) is 5.32 Å². The second kappa shape index (κ2) is 17.0. The highest BCUT2D eigenvalue weighted by Crippen LogP contribution is 2.37. The number of thioether (sulfide) groups is 1. The van der Waals surface area contributed by atoms with Gasteiger partial charge in [0, 0.05) is 23.7 Å². The second-order valence-corrected chi connectivity index (χ2v) is 17.0. The van der Waals surface area contributed by atoms with E-state index in [-0.39, 0.29) is 47.1 Å². The maximum absolute atomic E-state index is 12.1. The van der Waals surface area contributed by atoms with Crippen LogP contribution in [0.25, 0.3) is 0 Å². The van der Waals surface area contributed by atoms with Gasteiger partial charge in [0.1, 0.15) is 12.4 Å². The van der Waals surface area contributed by atoms with E-state index in [1.807, 2.05) is 166 Å². The monoisotopic (exact) mass is 767 g/mol. The minimum absolute atomic E-state index is 0.0612. The molecule has 1 N–H and O–H groups in total. The number of thiocarbonyl (C=S) groups is 1. The molecule has 0 unspecified atom stereocenters. The minimum Gasteiger partial charge on any atom is -0.452 e. The molecule has 2 aliphatic heterocycles. The number of benzene rings is 4. The lowest BCUT2D eigenvalue weighted by molar-refractivity contribution is 0.00578. The molecule has 2 fully saturated rings. The summed E-state index contributed by atoms with van der Waals surface area (Å²) in [5, 5.41) is 2.94. The first-order valence-electron chi connectivity index (χ1n) is 18.1. The zero-order valence-corrected chi connectivity index (χ0v) is 34.6. The number of carbonyl (C=O) groups is 1. The van der Waals surface area contributed by atoms with Gasteiger partial charge in [0.2, 0.25) is 0 Å². The molecule has 0 saturated carbocycles. The molecular weight excluding hydrogens is 716 g/mol. The van der Waals surface area contributed by atoms with Crippen LogP contribution in [0.1, 0.15) is 77.6 Å². The van der Waals surface area contributed by atoms with E-state index in [4.69, 9.17) is 40.3 Å². The van der Waals surface area contributed by atoms with Crippen LogP contribution in [0.3, 0.4) is 0 Å². The number of hydrogen-bond acceptors (Lipinski definition) is 9. The zero-order chi connectivity index (χ0) is 39.3. The predicted octanol–water partition coefficient (Wildman–Crippen LogP) is 8.93. The number of ether oxygens (including phenoxy) is 2. The lowest BCUT2D eigenvalue weighted by atomic mass is 9.79. The third-order valence-corrected chi connectivity index (χ3v) is 11.3. The van der Waals surface area contributed by atoms with Crippen LogP contribution in [0.15, 0.2) is 97.1 Å². The standard InChI is InChI=1S/C21H26BNO3S.C21H25BO4S/c1-15-6-12-18(13-7-15)23-19(24)27-14-16-8-10-17(11-9-16)22-25-20(2,3)21(4,5)26-22;1-15-6-12-18(13-7-15)24-19(27)23-14-16-8-10-17(11-9-16)22-25-20(2,3)21(4,5)26-22/h6-13H,14H2,1-5H3,(H,23,24);6-13H,14H2,1-5H3. The Balaban J connectivity index is 0.000000208. The summed E-state index contributed by atoms with van der Waals surface area (Å²) in [6.45, 7) is 20.8. The number of aryl methyl sites for hydroxylation is 2. The van der Waals surface area contributed by atoms with E-state index in [1.54, 1.807) is 0 Å². The number of nitrogens with one attached hydrogen (secondary N) is 1. The number of carbonyl (C=O) groups excluding carboxylic acids is 1. The summed E-state index contributed by atoms with van der Waals surface area (Å²) in [5.41, 5.74) is 5.80. The van der Waals surface area contributed by atoms with Crippen molar-refractivity contribution in [3.8, 4) is 5.75 Å². The molecule has 54 heavy (non-hydrogen) atoms. The summed E-state index contributed by atoms with van der Waals surface area (Å²) in [6.07, 6.45) is 0. The molecule has 2 aliphatic rings. The fourth-order valence-corrected chi connectivity index (χ4v) is 6.15. The molecule has 0 radical (unpaired) electrons. The van der Waals surface area contributed by atoms with Crippen molar-refractivity contribution in [2.24, 2.45) is 0 Å². The molecule has 2 saturated heterocycles. The first kappa shape index (κ1) is 41.5. The molecule has 0 aromatic heterocycles. The van der Waals surface area contributed by atoms with Crippen molar-refractivity contribution < 1.29 is 32.9 Å². The van der Waals surface area contributed by atoms with Gasteiger partial charge in [0.05, 0.1) is 22.4 Å². The average molecular weight is 768 g/mol. The van der Waals surface area contributed by atoms with E-state index < -0.39 is 0 Å². The van der Waals surface area contributed by atoms with Crippen molar-refractivity contribution in [2.45, 2.75) is 104 Å². The van der Waals surface area contributed by atoms with Crippen molar-refractivity contribution >= 4 is 65.3 Å². The van der Waals surface area contributed by atoms with Gasteiger partial charge in [-0.25, -0.2) is 0 Å². The van der Waals surface area contributed by atoms with E-state index in [2.05, 4.69) is 5.32 Å². The van der Waals surface area contributed by atoms with Crippen LogP contribution in [0.5, 0.6) is 5.75 Å². The Bertz CT molecular complexity index is 1710. The third kappa shape index (κ3) is 10.8. The van der Waals surface area contributed by atoms with Gasteiger partial charge in [-0.1, -0.05) is 95.7 Å². The van der Waals surface area contributed by atoms with Gasteiger partial charge in [-0.3, -0.25) is 4.79 Å². The van der Waals surface area contributed by atoms with Crippen LogP contribution in [0.4, 0.5) is 10.5 Å². The molecule has 4 aromatic rings. The fourth-order valence-electron chi connectivity index (χ4n) is 5.31. The van der Waals surface area contributed by atoms with Crippen LogP contribution in [0.2, 0.25) is 0 Å². The van der Waals surface area contributed by atoms with Crippen LogP contribution in [0, 0.1) is 13.8 Å². The highest BCUT2D eigenvalue weighted by atomic mass is 32.2. The van der Waals surface area contributed by atoms with Gasteiger partial charge in [-0.15, -0.1) is 0 Å². The van der Waals surface area contributed by atoms with Gasteiger partial charge >= 0.3 is 19.5 Å². The van der Waals surface area contributed by atoms with E-state index in [0.29, 0.717) is 18.1 Å². The van der Waals surface area contributed by atoms with E-state index in [9.17, 15) is 4.79 Å². The van der Waals surface area contributed by atoms with Crippen molar-refractivity contribution in [1.29, 1.82) is 0 Å². The number of hydrogen-bond donors (Lipinski definition) is 1. The molecule has 0 aliphatic carbocycles. The van der Waals surface area contributed by atoms with Crippen LogP contribution < -0.4 is 21.0 Å². The molecule has 12 heteroatoms. The molecule has 2 heterocycles. The van der Waals surface area contributed by atoms with Crippen molar-refractivity contribution in [3.05, 3.63) is 119 Å². The smallest absolute Gasteiger partial charge is 0.452 e. The molecule has 0 spiro atoms. The minimum atomic E-state index is -0.365. The molecular formula is C42H51B2NO7S2.